The molecular formula is C34H36FNO2. The largest absolute Gasteiger partial charge is 0.489 e. The number of benzene rings is 4. The first-order chi connectivity index (χ1) is 18.5. The molecule has 1 amide bonds. The first-order valence-electron chi connectivity index (χ1n) is 13.4. The monoisotopic (exact) mass is 509 g/mol. The molecule has 196 valence electrons. The highest BCUT2D eigenvalue weighted by atomic mass is 19.1. The molecule has 0 saturated heterocycles. The summed E-state index contributed by atoms with van der Waals surface area (Å²) >= 11 is 0. The van der Waals surface area contributed by atoms with Crippen LogP contribution in [0.1, 0.15) is 59.8 Å². The molecule has 0 aliphatic heterocycles. The number of rotatable bonds is 12. The summed E-state index contributed by atoms with van der Waals surface area (Å²) in [6.45, 7) is 5.45. The zero-order chi connectivity index (χ0) is 26.7. The number of hydrogen-bond acceptors (Lipinski definition) is 2. The van der Waals surface area contributed by atoms with Crippen molar-refractivity contribution in [2.24, 2.45) is 5.92 Å². The number of para-hydroxylation sites is 1. The van der Waals surface area contributed by atoms with Gasteiger partial charge in [-0.05, 0) is 78.3 Å². The van der Waals surface area contributed by atoms with Crippen molar-refractivity contribution in [3.63, 3.8) is 0 Å². The van der Waals surface area contributed by atoms with Gasteiger partial charge in [-0.25, -0.2) is 4.39 Å². The van der Waals surface area contributed by atoms with Crippen molar-refractivity contribution in [2.45, 2.75) is 45.8 Å². The standard InChI is InChI=1S/C34H36FNO2/c1-26(2)24-33(29-19-21-31(35)22-20-29)36(34(37)30-11-5-3-6-12-30)23-9-10-27-15-17-28(18-16-27)25-38-32-13-7-4-8-14-32/h3-8,11-22,26,33H,9-10,23-25H2,1-2H3. The van der Waals surface area contributed by atoms with E-state index in [9.17, 15) is 9.18 Å². The maximum atomic E-state index is 13.7. The molecule has 3 nitrogen and oxygen atoms in total. The molecule has 0 radical (unpaired) electrons. The summed E-state index contributed by atoms with van der Waals surface area (Å²) in [5.41, 5.74) is 3.98. The third-order valence-electron chi connectivity index (χ3n) is 6.64. The Labute approximate surface area is 225 Å². The molecule has 0 spiro atoms. The number of ether oxygens (including phenoxy) is 1. The smallest absolute Gasteiger partial charge is 0.254 e. The number of carbonyl (C=O) groups is 1. The molecule has 4 heteroatoms. The topological polar surface area (TPSA) is 29.5 Å². The Morgan fingerprint density at radius 1 is 0.789 bits per heavy atom. The lowest BCUT2D eigenvalue weighted by atomic mass is 9.94. The van der Waals surface area contributed by atoms with E-state index in [4.69, 9.17) is 4.74 Å². The predicted octanol–water partition coefficient (Wildman–Crippen LogP) is 8.27. The number of hydrogen-bond donors (Lipinski definition) is 0. The molecule has 0 saturated carbocycles. The molecule has 0 fully saturated rings. The maximum Gasteiger partial charge on any atom is 0.254 e. The van der Waals surface area contributed by atoms with E-state index < -0.39 is 0 Å². The van der Waals surface area contributed by atoms with Crippen LogP contribution in [0.4, 0.5) is 4.39 Å². The van der Waals surface area contributed by atoms with Crippen LogP contribution in [0.5, 0.6) is 5.75 Å². The second-order valence-electron chi connectivity index (χ2n) is 10.1. The minimum Gasteiger partial charge on any atom is -0.489 e. The quantitative estimate of drug-likeness (QED) is 0.192. The highest BCUT2D eigenvalue weighted by Crippen LogP contribution is 2.30. The lowest BCUT2D eigenvalue weighted by Gasteiger charge is -2.34. The number of amides is 1. The number of aryl methyl sites for hydroxylation is 1. The SMILES string of the molecule is CC(C)CC(c1ccc(F)cc1)N(CCCc1ccc(COc2ccccc2)cc1)C(=O)c1ccccc1. The van der Waals surface area contributed by atoms with Gasteiger partial charge in [-0.3, -0.25) is 4.79 Å². The van der Waals surface area contributed by atoms with Crippen LogP contribution in [-0.2, 0) is 13.0 Å². The van der Waals surface area contributed by atoms with Crippen LogP contribution in [0.15, 0.2) is 109 Å². The molecule has 0 aliphatic carbocycles. The predicted molar refractivity (Wildman–Crippen MR) is 152 cm³/mol. The van der Waals surface area contributed by atoms with Crippen molar-refractivity contribution in [3.8, 4) is 5.75 Å². The average Bonchev–Trinajstić information content (AvgIpc) is 2.95. The lowest BCUT2D eigenvalue weighted by molar-refractivity contribution is 0.0650. The Hall–Kier alpha value is -3.92. The Balaban J connectivity index is 1.45. The van der Waals surface area contributed by atoms with E-state index in [1.165, 1.54) is 17.7 Å². The Kier molecular flexibility index (Phi) is 9.69. The molecule has 0 heterocycles. The second-order valence-corrected chi connectivity index (χ2v) is 10.1. The van der Waals surface area contributed by atoms with E-state index in [1.807, 2.05) is 77.7 Å². The zero-order valence-electron chi connectivity index (χ0n) is 22.2. The Bertz CT molecular complexity index is 1260. The molecule has 0 aliphatic rings. The van der Waals surface area contributed by atoms with Crippen molar-refractivity contribution < 1.29 is 13.9 Å². The van der Waals surface area contributed by atoms with Gasteiger partial charge in [-0.1, -0.05) is 86.6 Å². The van der Waals surface area contributed by atoms with Gasteiger partial charge in [0.2, 0.25) is 0 Å². The third-order valence-corrected chi connectivity index (χ3v) is 6.64. The van der Waals surface area contributed by atoms with E-state index >= 15 is 0 Å². The first-order valence-corrected chi connectivity index (χ1v) is 13.4. The summed E-state index contributed by atoms with van der Waals surface area (Å²) in [7, 11) is 0. The Morgan fingerprint density at radius 2 is 1.39 bits per heavy atom. The number of carbonyl (C=O) groups excluding carboxylic acids is 1. The first kappa shape index (κ1) is 27.1. The van der Waals surface area contributed by atoms with Crippen molar-refractivity contribution in [2.75, 3.05) is 6.54 Å². The molecule has 4 aromatic rings. The van der Waals surface area contributed by atoms with Crippen LogP contribution < -0.4 is 4.74 Å². The van der Waals surface area contributed by atoms with Gasteiger partial charge in [0, 0.05) is 12.1 Å². The average molecular weight is 510 g/mol. The highest BCUT2D eigenvalue weighted by molar-refractivity contribution is 5.94. The second kappa shape index (κ2) is 13.6. The Morgan fingerprint density at radius 3 is 2.03 bits per heavy atom. The zero-order valence-corrected chi connectivity index (χ0v) is 22.2. The number of halogens is 1. The normalized spacial score (nSPS) is 11.8. The van der Waals surface area contributed by atoms with Gasteiger partial charge in [0.25, 0.3) is 5.91 Å². The molecular weight excluding hydrogens is 473 g/mol. The van der Waals surface area contributed by atoms with Crippen LogP contribution in [0, 0.1) is 11.7 Å². The van der Waals surface area contributed by atoms with Crippen molar-refractivity contribution in [1.82, 2.24) is 4.90 Å². The van der Waals surface area contributed by atoms with Crippen molar-refractivity contribution in [3.05, 3.63) is 137 Å². The molecule has 38 heavy (non-hydrogen) atoms. The van der Waals surface area contributed by atoms with Crippen molar-refractivity contribution in [1.29, 1.82) is 0 Å². The molecule has 4 aromatic carbocycles. The van der Waals surface area contributed by atoms with E-state index in [0.717, 1.165) is 36.1 Å². The summed E-state index contributed by atoms with van der Waals surface area (Å²) < 4.78 is 19.6. The van der Waals surface area contributed by atoms with E-state index in [-0.39, 0.29) is 17.8 Å². The molecule has 1 unspecified atom stereocenters. The van der Waals surface area contributed by atoms with Gasteiger partial charge in [0.1, 0.15) is 18.2 Å². The summed E-state index contributed by atoms with van der Waals surface area (Å²) in [6.07, 6.45) is 2.49. The summed E-state index contributed by atoms with van der Waals surface area (Å²) in [6, 6.07) is 34.2. The third kappa shape index (κ3) is 7.79. The summed E-state index contributed by atoms with van der Waals surface area (Å²) in [4.78, 5) is 15.7. The van der Waals surface area contributed by atoms with Gasteiger partial charge in [0.05, 0.1) is 6.04 Å². The van der Waals surface area contributed by atoms with Crippen LogP contribution in [0.2, 0.25) is 0 Å². The maximum absolute atomic E-state index is 13.7. The van der Waals surface area contributed by atoms with E-state index in [0.29, 0.717) is 24.6 Å². The minimum atomic E-state index is -0.268. The lowest BCUT2D eigenvalue weighted by Crippen LogP contribution is -2.36. The molecule has 1 atom stereocenters. The van der Waals surface area contributed by atoms with E-state index in [2.05, 4.69) is 38.1 Å². The highest BCUT2D eigenvalue weighted by Gasteiger charge is 2.26. The fraction of sp³-hybridized carbons (Fsp3) is 0.265. The number of nitrogens with zero attached hydrogens (tertiary/aromatic N) is 1. The van der Waals surface area contributed by atoms with Crippen LogP contribution in [0.25, 0.3) is 0 Å². The molecule has 0 N–H and O–H groups in total. The molecule has 4 rings (SSSR count). The minimum absolute atomic E-state index is 0.00832. The fourth-order valence-corrected chi connectivity index (χ4v) is 4.66. The van der Waals surface area contributed by atoms with Gasteiger partial charge < -0.3 is 9.64 Å². The van der Waals surface area contributed by atoms with Gasteiger partial charge in [0.15, 0.2) is 0 Å². The molecule has 0 bridgehead atoms. The molecule has 0 aromatic heterocycles. The van der Waals surface area contributed by atoms with Crippen LogP contribution in [-0.4, -0.2) is 17.4 Å². The van der Waals surface area contributed by atoms with Crippen molar-refractivity contribution >= 4 is 5.91 Å². The summed E-state index contributed by atoms with van der Waals surface area (Å²) in [5, 5.41) is 0. The van der Waals surface area contributed by atoms with Crippen LogP contribution in [0.3, 0.4) is 0 Å². The van der Waals surface area contributed by atoms with E-state index in [1.54, 1.807) is 0 Å². The van der Waals surface area contributed by atoms with Crippen LogP contribution >= 0.6 is 0 Å². The van der Waals surface area contributed by atoms with Gasteiger partial charge in [-0.15, -0.1) is 0 Å². The van der Waals surface area contributed by atoms with Gasteiger partial charge in [-0.2, -0.15) is 0 Å². The summed E-state index contributed by atoms with van der Waals surface area (Å²) in [5.74, 6) is 0.975. The fourth-order valence-electron chi connectivity index (χ4n) is 4.66. The van der Waals surface area contributed by atoms with Gasteiger partial charge >= 0.3 is 0 Å².